The van der Waals surface area contributed by atoms with Crippen molar-refractivity contribution in [3.05, 3.63) is 134 Å². The van der Waals surface area contributed by atoms with E-state index >= 15 is 0 Å². The molecule has 0 aliphatic carbocycles. The fourth-order valence-electron chi connectivity index (χ4n) is 7.81. The lowest BCUT2D eigenvalue weighted by Gasteiger charge is -2.25. The van der Waals surface area contributed by atoms with E-state index in [2.05, 4.69) is 148 Å². The highest BCUT2D eigenvalue weighted by atomic mass is 16.7. The average Bonchev–Trinajstić information content (AvgIpc) is 3.40. The van der Waals surface area contributed by atoms with Crippen molar-refractivity contribution >= 4 is 17.9 Å². The lowest BCUT2D eigenvalue weighted by molar-refractivity contribution is -0.870. The topological polar surface area (TPSA) is 108 Å². The van der Waals surface area contributed by atoms with E-state index in [-0.39, 0.29) is 38.6 Å². The number of rotatable bonds is 54. The summed E-state index contributed by atoms with van der Waals surface area (Å²) < 4.78 is 22.9. The van der Waals surface area contributed by atoms with Crippen LogP contribution in [0.4, 0.5) is 0 Å². The molecule has 0 bridgehead atoms. The number of likely N-dealkylation sites (N-methyl/N-ethyl adjacent to an activating group) is 1. The number of esters is 2. The Morgan fingerprint density at radius 1 is 0.390 bits per heavy atom. The highest BCUT2D eigenvalue weighted by molar-refractivity contribution is 5.71. The van der Waals surface area contributed by atoms with Crippen LogP contribution in [0.2, 0.25) is 0 Å². The van der Waals surface area contributed by atoms with Gasteiger partial charge in [0.1, 0.15) is 13.2 Å². The van der Waals surface area contributed by atoms with Crippen molar-refractivity contribution in [1.29, 1.82) is 0 Å². The van der Waals surface area contributed by atoms with Crippen LogP contribution in [0.25, 0.3) is 0 Å². The van der Waals surface area contributed by atoms with Crippen molar-refractivity contribution in [1.82, 2.24) is 0 Å². The van der Waals surface area contributed by atoms with E-state index in [0.717, 1.165) is 122 Å². The lowest BCUT2D eigenvalue weighted by Crippen LogP contribution is -2.40. The Morgan fingerprint density at radius 3 is 1.04 bits per heavy atom. The zero-order valence-corrected chi connectivity index (χ0v) is 49.6. The van der Waals surface area contributed by atoms with Crippen molar-refractivity contribution in [3.8, 4) is 0 Å². The maximum atomic E-state index is 12.9. The van der Waals surface area contributed by atoms with Crippen molar-refractivity contribution in [2.45, 2.75) is 232 Å². The SMILES string of the molecule is CC/C=C\C/C=C\C/C=C\C/C=C\C/C=C\C/C=C\C/C=C\CCCCCCCCCC(=O)OC(COC(=O)CCCCCCCCCCCC/C=C\C/C=C\C/C=C\C/C=C\CC)COC(OCC[N+](C)(C)C)C(=O)O. The van der Waals surface area contributed by atoms with Gasteiger partial charge >= 0.3 is 17.9 Å². The Bertz CT molecular complexity index is 1720. The summed E-state index contributed by atoms with van der Waals surface area (Å²) in [7, 11) is 5.95. The summed E-state index contributed by atoms with van der Waals surface area (Å²) in [4.78, 5) is 37.5. The molecule has 0 aromatic carbocycles. The van der Waals surface area contributed by atoms with Gasteiger partial charge in [0, 0.05) is 12.8 Å². The molecule has 0 heterocycles. The first-order valence-corrected chi connectivity index (χ1v) is 30.3. The molecule has 0 aliphatic rings. The first-order valence-electron chi connectivity index (χ1n) is 30.3. The monoisotopic (exact) mass is 1070 g/mol. The van der Waals surface area contributed by atoms with Crippen molar-refractivity contribution < 1.29 is 42.9 Å². The van der Waals surface area contributed by atoms with Crippen LogP contribution in [0.5, 0.6) is 0 Å². The summed E-state index contributed by atoms with van der Waals surface area (Å²) in [6, 6.07) is 0. The van der Waals surface area contributed by atoms with Crippen molar-refractivity contribution in [3.63, 3.8) is 0 Å². The molecule has 2 unspecified atom stereocenters. The van der Waals surface area contributed by atoms with Crippen molar-refractivity contribution in [2.75, 3.05) is 47.5 Å². The molecule has 0 saturated heterocycles. The normalized spacial score (nSPS) is 13.7. The van der Waals surface area contributed by atoms with E-state index in [9.17, 15) is 19.5 Å². The van der Waals surface area contributed by atoms with Gasteiger partial charge in [-0.2, -0.15) is 0 Å². The molecule has 9 heteroatoms. The number of quaternary nitrogens is 1. The fraction of sp³-hybridized carbons (Fsp3) is 0.632. The maximum Gasteiger partial charge on any atom is 0.361 e. The molecule has 0 aromatic heterocycles. The van der Waals surface area contributed by atoms with E-state index in [1.54, 1.807) is 0 Å². The first kappa shape index (κ1) is 72.4. The minimum absolute atomic E-state index is 0.177. The Labute approximate surface area is 471 Å². The Kier molecular flexibility index (Phi) is 54.2. The molecular formula is C68H112NO8+. The quantitative estimate of drug-likeness (QED) is 0.0211. The highest BCUT2D eigenvalue weighted by Crippen LogP contribution is 2.15. The molecule has 436 valence electrons. The number of allylic oxidation sites excluding steroid dienone is 22. The number of ether oxygens (including phenoxy) is 4. The van der Waals surface area contributed by atoms with Gasteiger partial charge in [-0.25, -0.2) is 4.79 Å². The molecule has 0 aromatic rings. The zero-order chi connectivity index (χ0) is 56.2. The zero-order valence-electron chi connectivity index (χ0n) is 49.6. The number of unbranched alkanes of at least 4 members (excludes halogenated alkanes) is 17. The van der Waals surface area contributed by atoms with Gasteiger partial charge in [0.2, 0.25) is 0 Å². The Morgan fingerprint density at radius 2 is 0.701 bits per heavy atom. The average molecular weight is 1070 g/mol. The number of hydrogen-bond acceptors (Lipinski definition) is 7. The molecule has 0 fully saturated rings. The molecule has 2 atom stereocenters. The van der Waals surface area contributed by atoms with Gasteiger partial charge in [0.15, 0.2) is 6.10 Å². The van der Waals surface area contributed by atoms with Crippen molar-refractivity contribution in [2.24, 2.45) is 0 Å². The standard InChI is InChI=1S/C68H111NO8/c1-6-8-10-12-14-16-18-20-22-24-26-28-30-31-32-33-34-35-37-39-41-43-45-47-49-51-53-55-57-59-66(71)77-64(63-76-68(67(72)73)74-61-60-69(3,4)5)62-75-65(70)58-56-54-52-50-48-46-44-42-40-38-36-29-27-25-23-21-19-17-15-13-11-9-7-2/h8-11,14-17,20-23,26-29,31-32,34-35,39,41,64,68H,6-7,12-13,18-19,24-25,30,33,36-38,40,42-63H2,1-5H3/p+1/b10-8-,11-9-,16-14-,17-15-,22-20-,23-21-,28-26-,29-27-,32-31-,35-34-,41-39-. The highest BCUT2D eigenvalue weighted by Gasteiger charge is 2.25. The van der Waals surface area contributed by atoms with Crippen LogP contribution in [0, 0.1) is 0 Å². The number of carbonyl (C=O) groups excluding carboxylic acids is 2. The van der Waals surface area contributed by atoms with Crippen LogP contribution in [-0.2, 0) is 33.3 Å². The number of carboxylic acids is 1. The summed E-state index contributed by atoms with van der Waals surface area (Å²) in [5.74, 6) is -2.04. The molecule has 9 nitrogen and oxygen atoms in total. The fourth-order valence-corrected chi connectivity index (χ4v) is 7.81. The maximum absolute atomic E-state index is 12.9. The second-order valence-electron chi connectivity index (χ2n) is 20.9. The summed E-state index contributed by atoms with van der Waals surface area (Å²) in [5, 5.41) is 9.72. The molecule has 0 rings (SSSR count). The molecule has 0 radical (unpaired) electrons. The number of aliphatic carboxylic acids is 1. The largest absolute Gasteiger partial charge is 0.477 e. The van der Waals surface area contributed by atoms with Gasteiger partial charge in [-0.15, -0.1) is 0 Å². The molecule has 0 amide bonds. The van der Waals surface area contributed by atoms with Crippen LogP contribution in [-0.4, -0.2) is 87.4 Å². The minimum Gasteiger partial charge on any atom is -0.477 e. The number of nitrogens with zero attached hydrogens (tertiary/aromatic N) is 1. The molecule has 77 heavy (non-hydrogen) atoms. The Balaban J connectivity index is 4.30. The molecular weight excluding hydrogens is 959 g/mol. The van der Waals surface area contributed by atoms with Crippen LogP contribution >= 0.6 is 0 Å². The van der Waals surface area contributed by atoms with Crippen LogP contribution in [0.15, 0.2) is 134 Å². The third-order valence-corrected chi connectivity index (χ3v) is 12.4. The predicted octanol–water partition coefficient (Wildman–Crippen LogP) is 18.2. The third-order valence-electron chi connectivity index (χ3n) is 12.4. The number of carbonyl (C=O) groups is 3. The predicted molar refractivity (Wildman–Crippen MR) is 327 cm³/mol. The summed E-state index contributed by atoms with van der Waals surface area (Å²) in [5.41, 5.74) is 0. The second kappa shape index (κ2) is 57.6. The molecule has 0 spiro atoms. The van der Waals surface area contributed by atoms with Gasteiger partial charge in [-0.1, -0.05) is 231 Å². The number of hydrogen-bond donors (Lipinski definition) is 1. The van der Waals surface area contributed by atoms with Crippen LogP contribution in [0.3, 0.4) is 0 Å². The molecule has 1 N–H and O–H groups in total. The summed E-state index contributed by atoms with van der Waals surface area (Å²) >= 11 is 0. The second-order valence-corrected chi connectivity index (χ2v) is 20.9. The van der Waals surface area contributed by atoms with Crippen LogP contribution in [0.1, 0.15) is 219 Å². The van der Waals surface area contributed by atoms with Crippen LogP contribution < -0.4 is 0 Å². The van der Waals surface area contributed by atoms with Gasteiger partial charge in [0.05, 0.1) is 34.4 Å². The lowest BCUT2D eigenvalue weighted by atomic mass is 10.1. The van der Waals surface area contributed by atoms with E-state index in [1.165, 1.54) is 64.2 Å². The van der Waals surface area contributed by atoms with Gasteiger partial charge in [0.25, 0.3) is 6.29 Å². The van der Waals surface area contributed by atoms with Gasteiger partial charge in [-0.05, 0) is 109 Å². The summed E-state index contributed by atoms with van der Waals surface area (Å²) in [6.07, 6.45) is 79.5. The Hall–Kier alpha value is -4.57. The molecule has 0 aliphatic heterocycles. The third kappa shape index (κ3) is 58.9. The van der Waals surface area contributed by atoms with E-state index in [0.29, 0.717) is 17.4 Å². The van der Waals surface area contributed by atoms with Gasteiger partial charge < -0.3 is 28.5 Å². The number of carboxylic acid groups (broad SMARTS) is 1. The summed E-state index contributed by atoms with van der Waals surface area (Å²) in [6.45, 7) is 4.62. The van der Waals surface area contributed by atoms with E-state index < -0.39 is 24.3 Å². The smallest absolute Gasteiger partial charge is 0.361 e. The van der Waals surface area contributed by atoms with E-state index in [1.807, 2.05) is 21.1 Å². The van der Waals surface area contributed by atoms with Gasteiger partial charge in [-0.3, -0.25) is 9.59 Å². The van der Waals surface area contributed by atoms with E-state index in [4.69, 9.17) is 18.9 Å². The minimum atomic E-state index is -1.52. The molecule has 0 saturated carbocycles. The first-order chi connectivity index (χ1) is 37.6.